The molecule has 0 radical (unpaired) electrons. The summed E-state index contributed by atoms with van der Waals surface area (Å²) in [5.41, 5.74) is 0.656. The van der Waals surface area contributed by atoms with Crippen molar-refractivity contribution in [1.29, 1.82) is 0 Å². The maximum Gasteiger partial charge on any atom is 0.317 e. The molecule has 0 aliphatic rings. The lowest BCUT2D eigenvalue weighted by Gasteiger charge is -2.21. The van der Waals surface area contributed by atoms with Gasteiger partial charge in [0.1, 0.15) is 17.5 Å². The largest absolute Gasteiger partial charge is 0.465 e. The van der Waals surface area contributed by atoms with Crippen molar-refractivity contribution in [3.05, 3.63) is 35.9 Å². The van der Waals surface area contributed by atoms with E-state index < -0.39 is 17.8 Å². The predicted octanol–water partition coefficient (Wildman–Crippen LogP) is 2.13. The second-order valence-electron chi connectivity index (χ2n) is 4.34. The minimum absolute atomic E-state index is 0.183. The number of carbonyl (C=O) groups is 3. The van der Waals surface area contributed by atoms with Crippen LogP contribution in [0.1, 0.15) is 32.3 Å². The van der Waals surface area contributed by atoms with Gasteiger partial charge in [0.2, 0.25) is 0 Å². The summed E-state index contributed by atoms with van der Waals surface area (Å²) in [7, 11) is 0. The molecule has 19 heavy (non-hydrogen) atoms. The molecular weight excluding hydrogens is 244 g/mol. The van der Waals surface area contributed by atoms with Crippen LogP contribution in [0.3, 0.4) is 0 Å². The quantitative estimate of drug-likeness (QED) is 0.582. The summed E-state index contributed by atoms with van der Waals surface area (Å²) in [6.45, 7) is 4.54. The molecule has 0 bridgehead atoms. The minimum atomic E-state index is -1.07. The lowest BCUT2D eigenvalue weighted by Crippen LogP contribution is -2.33. The maximum atomic E-state index is 11.9. The summed E-state index contributed by atoms with van der Waals surface area (Å²) in [5.74, 6) is -3.07. The molecule has 0 saturated heterocycles. The highest BCUT2D eigenvalue weighted by molar-refractivity contribution is 6.04. The van der Waals surface area contributed by atoms with Gasteiger partial charge in [0, 0.05) is 0 Å². The summed E-state index contributed by atoms with van der Waals surface area (Å²) in [4.78, 5) is 35.5. The summed E-state index contributed by atoms with van der Waals surface area (Å²) in [6, 6.07) is 8.83. The Bertz CT molecular complexity index is 464. The van der Waals surface area contributed by atoms with Gasteiger partial charge in [0.25, 0.3) is 0 Å². The predicted molar refractivity (Wildman–Crippen MR) is 70.7 cm³/mol. The van der Waals surface area contributed by atoms with Crippen LogP contribution in [0.2, 0.25) is 0 Å². The molecule has 0 amide bonds. The van der Waals surface area contributed by atoms with Gasteiger partial charge >= 0.3 is 5.97 Å². The standard InChI is InChI=1S/C15H18O4/c1-4-19-15(18)14(11(3)17)13(10(2)16)12-8-6-5-7-9-12/h5-9,13-14H,4H2,1-3H3. The van der Waals surface area contributed by atoms with Crippen molar-refractivity contribution in [3.8, 4) is 0 Å². The Morgan fingerprint density at radius 2 is 1.63 bits per heavy atom. The molecule has 0 aliphatic carbocycles. The van der Waals surface area contributed by atoms with Gasteiger partial charge in [-0.2, -0.15) is 0 Å². The first kappa shape index (κ1) is 15.1. The second kappa shape index (κ2) is 6.83. The average molecular weight is 262 g/mol. The third-order valence-electron chi connectivity index (χ3n) is 2.91. The van der Waals surface area contributed by atoms with E-state index in [2.05, 4.69) is 0 Å². The molecule has 0 fully saturated rings. The maximum absolute atomic E-state index is 11.9. The number of esters is 1. The Hall–Kier alpha value is -1.97. The van der Waals surface area contributed by atoms with Crippen molar-refractivity contribution in [2.45, 2.75) is 26.7 Å². The Labute approximate surface area is 112 Å². The topological polar surface area (TPSA) is 60.4 Å². The first-order valence-electron chi connectivity index (χ1n) is 6.21. The van der Waals surface area contributed by atoms with Crippen LogP contribution in [0.25, 0.3) is 0 Å². The van der Waals surface area contributed by atoms with Gasteiger partial charge in [0.15, 0.2) is 0 Å². The third kappa shape index (κ3) is 3.74. The first-order valence-corrected chi connectivity index (χ1v) is 6.21. The van der Waals surface area contributed by atoms with E-state index in [1.165, 1.54) is 13.8 Å². The summed E-state index contributed by atoms with van der Waals surface area (Å²) in [6.07, 6.45) is 0. The zero-order chi connectivity index (χ0) is 14.4. The number of ether oxygens (including phenoxy) is 1. The van der Waals surface area contributed by atoms with E-state index in [-0.39, 0.29) is 18.2 Å². The van der Waals surface area contributed by atoms with E-state index in [0.717, 1.165) is 0 Å². The molecule has 0 saturated carbocycles. The normalized spacial score (nSPS) is 13.4. The highest BCUT2D eigenvalue weighted by atomic mass is 16.5. The number of hydrogen-bond acceptors (Lipinski definition) is 4. The Balaban J connectivity index is 3.18. The van der Waals surface area contributed by atoms with Crippen molar-refractivity contribution in [2.24, 2.45) is 5.92 Å². The minimum Gasteiger partial charge on any atom is -0.465 e. The van der Waals surface area contributed by atoms with E-state index in [1.807, 2.05) is 6.07 Å². The molecule has 4 heteroatoms. The number of benzene rings is 1. The van der Waals surface area contributed by atoms with Crippen LogP contribution in [-0.4, -0.2) is 24.1 Å². The zero-order valence-corrected chi connectivity index (χ0v) is 11.4. The Morgan fingerprint density at radius 3 is 2.05 bits per heavy atom. The molecule has 0 N–H and O–H groups in total. The van der Waals surface area contributed by atoms with E-state index in [4.69, 9.17) is 4.74 Å². The van der Waals surface area contributed by atoms with Gasteiger partial charge in [0.05, 0.1) is 12.5 Å². The molecular formula is C15H18O4. The molecule has 1 rings (SSSR count). The molecule has 0 aliphatic heterocycles. The van der Waals surface area contributed by atoms with Crippen molar-refractivity contribution < 1.29 is 19.1 Å². The van der Waals surface area contributed by atoms with Gasteiger partial charge in [-0.05, 0) is 26.3 Å². The first-order chi connectivity index (χ1) is 8.99. The number of Topliss-reactive ketones (excluding diaryl/α,β-unsaturated/α-hetero) is 2. The summed E-state index contributed by atoms with van der Waals surface area (Å²) in [5, 5.41) is 0. The van der Waals surface area contributed by atoms with Gasteiger partial charge in [-0.1, -0.05) is 30.3 Å². The SMILES string of the molecule is CCOC(=O)C(C(C)=O)C(C(C)=O)c1ccccc1. The molecule has 0 heterocycles. The summed E-state index contributed by atoms with van der Waals surface area (Å²) < 4.78 is 4.91. The molecule has 1 aromatic rings. The Kier molecular flexibility index (Phi) is 5.42. The van der Waals surface area contributed by atoms with Crippen molar-refractivity contribution in [1.82, 2.24) is 0 Å². The average Bonchev–Trinajstić information content (AvgIpc) is 2.36. The Morgan fingerprint density at radius 1 is 1.05 bits per heavy atom. The highest BCUT2D eigenvalue weighted by Gasteiger charge is 2.37. The molecule has 0 spiro atoms. The smallest absolute Gasteiger partial charge is 0.317 e. The van der Waals surface area contributed by atoms with E-state index in [9.17, 15) is 14.4 Å². The highest BCUT2D eigenvalue weighted by Crippen LogP contribution is 2.27. The number of carbonyl (C=O) groups excluding carboxylic acids is 3. The van der Waals surface area contributed by atoms with Crippen molar-refractivity contribution >= 4 is 17.5 Å². The molecule has 1 aromatic carbocycles. The molecule has 4 nitrogen and oxygen atoms in total. The lowest BCUT2D eigenvalue weighted by molar-refractivity contribution is -0.153. The van der Waals surface area contributed by atoms with Gasteiger partial charge in [-0.15, -0.1) is 0 Å². The van der Waals surface area contributed by atoms with Gasteiger partial charge in [-0.25, -0.2) is 0 Å². The van der Waals surface area contributed by atoms with Crippen LogP contribution in [0.5, 0.6) is 0 Å². The van der Waals surface area contributed by atoms with Gasteiger partial charge in [-0.3, -0.25) is 14.4 Å². The number of hydrogen-bond donors (Lipinski definition) is 0. The van der Waals surface area contributed by atoms with E-state index in [0.29, 0.717) is 5.56 Å². The monoisotopic (exact) mass is 262 g/mol. The van der Waals surface area contributed by atoms with Crippen molar-refractivity contribution in [3.63, 3.8) is 0 Å². The van der Waals surface area contributed by atoms with Crippen LogP contribution in [0.15, 0.2) is 30.3 Å². The van der Waals surface area contributed by atoms with Crippen LogP contribution in [0.4, 0.5) is 0 Å². The van der Waals surface area contributed by atoms with Crippen LogP contribution < -0.4 is 0 Å². The van der Waals surface area contributed by atoms with Crippen LogP contribution in [0, 0.1) is 5.92 Å². The van der Waals surface area contributed by atoms with E-state index >= 15 is 0 Å². The number of ketones is 2. The number of rotatable bonds is 6. The fourth-order valence-corrected chi connectivity index (χ4v) is 2.09. The molecule has 102 valence electrons. The zero-order valence-electron chi connectivity index (χ0n) is 11.4. The van der Waals surface area contributed by atoms with Crippen LogP contribution in [-0.2, 0) is 19.1 Å². The van der Waals surface area contributed by atoms with Crippen LogP contribution >= 0.6 is 0 Å². The molecule has 2 atom stereocenters. The van der Waals surface area contributed by atoms with E-state index in [1.54, 1.807) is 31.2 Å². The fraction of sp³-hybridized carbons (Fsp3) is 0.400. The molecule has 2 unspecified atom stereocenters. The summed E-state index contributed by atoms with van der Waals surface area (Å²) >= 11 is 0. The second-order valence-corrected chi connectivity index (χ2v) is 4.34. The van der Waals surface area contributed by atoms with Crippen molar-refractivity contribution in [2.75, 3.05) is 6.61 Å². The molecule has 0 aromatic heterocycles. The fourth-order valence-electron chi connectivity index (χ4n) is 2.09. The lowest BCUT2D eigenvalue weighted by atomic mass is 9.81. The van der Waals surface area contributed by atoms with Gasteiger partial charge < -0.3 is 4.74 Å². The third-order valence-corrected chi connectivity index (χ3v) is 2.91.